The average molecular weight is 231 g/mol. The minimum Gasteiger partial charge on any atom is -0.333 e. The number of hydrogen-bond donors (Lipinski definition) is 1. The molecule has 0 aliphatic heterocycles. The highest BCUT2D eigenvalue weighted by molar-refractivity contribution is 5.77. The van der Waals surface area contributed by atoms with Gasteiger partial charge in [0.25, 0.3) is 0 Å². The predicted octanol–water partition coefficient (Wildman–Crippen LogP) is 1.95. The lowest BCUT2D eigenvalue weighted by Gasteiger charge is -2.04. The number of carbonyl (C=O) groups is 1. The fourth-order valence-electron chi connectivity index (χ4n) is 1.55. The van der Waals surface area contributed by atoms with Gasteiger partial charge in [0, 0.05) is 25.7 Å². The summed E-state index contributed by atoms with van der Waals surface area (Å²) in [5.74, 6) is -0.0964. The van der Waals surface area contributed by atoms with Crippen molar-refractivity contribution in [2.75, 3.05) is 0 Å². The maximum absolute atomic E-state index is 10.8. The van der Waals surface area contributed by atoms with Gasteiger partial charge in [0.15, 0.2) is 0 Å². The summed E-state index contributed by atoms with van der Waals surface area (Å²) < 4.78 is 1.79. The van der Waals surface area contributed by atoms with Crippen LogP contribution in [0.3, 0.4) is 0 Å². The van der Waals surface area contributed by atoms with E-state index < -0.39 is 0 Å². The molecule has 1 amide bonds. The Balaban J connectivity index is 3.03. The molecule has 0 spiro atoms. The zero-order chi connectivity index (χ0) is 12.8. The number of aromatic nitrogens is 2. The first kappa shape index (κ1) is 13.0. The Bertz CT molecular complexity index is 461. The lowest BCUT2D eigenvalue weighted by atomic mass is 10.1. The van der Waals surface area contributed by atoms with E-state index in [4.69, 9.17) is 0 Å². The highest BCUT2D eigenvalue weighted by atomic mass is 16.1. The molecule has 1 heterocycles. The minimum atomic E-state index is -0.0964. The lowest BCUT2D eigenvalue weighted by Crippen LogP contribution is -2.11. The third-order valence-corrected chi connectivity index (χ3v) is 2.24. The van der Waals surface area contributed by atoms with Crippen molar-refractivity contribution < 1.29 is 4.79 Å². The highest BCUT2D eigenvalue weighted by Gasteiger charge is 2.07. The second kappa shape index (κ2) is 5.84. The molecule has 0 saturated carbocycles. The normalized spacial score (nSPS) is 11.8. The number of hydrogen-bond acceptors (Lipinski definition) is 2. The number of allylic oxidation sites excluding steroid dienone is 4. The fraction of sp³-hybridized carbons (Fsp3) is 0.231. The second-order valence-corrected chi connectivity index (χ2v) is 3.69. The number of amides is 1. The van der Waals surface area contributed by atoms with Crippen LogP contribution >= 0.6 is 0 Å². The summed E-state index contributed by atoms with van der Waals surface area (Å²) in [6.07, 6.45) is 8.83. The van der Waals surface area contributed by atoms with E-state index in [1.165, 1.54) is 6.92 Å². The van der Waals surface area contributed by atoms with Crippen molar-refractivity contribution in [1.82, 2.24) is 15.1 Å². The summed E-state index contributed by atoms with van der Waals surface area (Å²) in [6.45, 7) is 7.15. The smallest absolute Gasteiger partial charge is 0.220 e. The number of rotatable bonds is 4. The Labute approximate surface area is 101 Å². The zero-order valence-electron chi connectivity index (χ0n) is 10.4. The van der Waals surface area contributed by atoms with E-state index in [2.05, 4.69) is 17.0 Å². The van der Waals surface area contributed by atoms with Crippen LogP contribution in [0.4, 0.5) is 0 Å². The molecule has 0 aromatic carbocycles. The van der Waals surface area contributed by atoms with Gasteiger partial charge in [-0.2, -0.15) is 5.10 Å². The molecule has 4 nitrogen and oxygen atoms in total. The maximum Gasteiger partial charge on any atom is 0.220 e. The SMILES string of the molecule is C=C/C=C(\C=C\NC(C)=O)c1c(C)cnn1C. The molecule has 17 heavy (non-hydrogen) atoms. The molecule has 0 aliphatic rings. The topological polar surface area (TPSA) is 46.9 Å². The van der Waals surface area contributed by atoms with Gasteiger partial charge in [-0.15, -0.1) is 0 Å². The van der Waals surface area contributed by atoms with Gasteiger partial charge in [-0.05, 0) is 18.6 Å². The Hall–Kier alpha value is -2.10. The minimum absolute atomic E-state index is 0.0964. The van der Waals surface area contributed by atoms with Crippen LogP contribution in [0.1, 0.15) is 18.2 Å². The molecule has 0 unspecified atom stereocenters. The molecule has 1 N–H and O–H groups in total. The van der Waals surface area contributed by atoms with Crippen LogP contribution in [0.25, 0.3) is 5.57 Å². The van der Waals surface area contributed by atoms with Crippen LogP contribution < -0.4 is 5.32 Å². The van der Waals surface area contributed by atoms with Gasteiger partial charge in [0.1, 0.15) is 0 Å². The van der Waals surface area contributed by atoms with Crippen LogP contribution in [0.2, 0.25) is 0 Å². The largest absolute Gasteiger partial charge is 0.333 e. The van der Waals surface area contributed by atoms with Crippen molar-refractivity contribution >= 4 is 11.5 Å². The summed E-state index contributed by atoms with van der Waals surface area (Å²) in [5.41, 5.74) is 3.03. The van der Waals surface area contributed by atoms with Gasteiger partial charge in [-0.3, -0.25) is 9.48 Å². The molecule has 0 radical (unpaired) electrons. The molecule has 0 bridgehead atoms. The van der Waals surface area contributed by atoms with Crippen LogP contribution in [0.5, 0.6) is 0 Å². The molecule has 4 heteroatoms. The van der Waals surface area contributed by atoms with Crippen LogP contribution in [-0.4, -0.2) is 15.7 Å². The van der Waals surface area contributed by atoms with E-state index in [-0.39, 0.29) is 5.91 Å². The summed E-state index contributed by atoms with van der Waals surface area (Å²) in [5, 5.41) is 6.79. The maximum atomic E-state index is 10.8. The van der Waals surface area contributed by atoms with Gasteiger partial charge in [-0.25, -0.2) is 0 Å². The standard InChI is InChI=1S/C13H17N3O/c1-5-6-12(7-8-14-11(3)17)13-10(2)9-15-16(13)4/h5-9H,1H2,2-4H3,(H,14,17)/b8-7+,12-6+. The third kappa shape index (κ3) is 3.45. The van der Waals surface area contributed by atoms with E-state index in [1.54, 1.807) is 23.2 Å². The number of aryl methyl sites for hydroxylation is 2. The monoisotopic (exact) mass is 231 g/mol. The van der Waals surface area contributed by atoms with Gasteiger partial charge >= 0.3 is 0 Å². The molecule has 0 atom stereocenters. The van der Waals surface area contributed by atoms with Crippen molar-refractivity contribution in [3.8, 4) is 0 Å². The first-order chi connectivity index (χ1) is 8.06. The van der Waals surface area contributed by atoms with Crippen molar-refractivity contribution in [2.24, 2.45) is 7.05 Å². The Morgan fingerprint density at radius 3 is 2.76 bits per heavy atom. The van der Waals surface area contributed by atoms with Crippen LogP contribution in [0, 0.1) is 6.92 Å². The first-order valence-electron chi connectivity index (χ1n) is 5.31. The molecule has 0 saturated heterocycles. The predicted molar refractivity (Wildman–Crippen MR) is 69.1 cm³/mol. The Morgan fingerprint density at radius 1 is 1.59 bits per heavy atom. The number of carbonyl (C=O) groups excluding carboxylic acids is 1. The van der Waals surface area contributed by atoms with Gasteiger partial charge in [-0.1, -0.05) is 18.7 Å². The van der Waals surface area contributed by atoms with E-state index in [9.17, 15) is 4.79 Å². The molecule has 1 rings (SSSR count). The van der Waals surface area contributed by atoms with E-state index in [1.807, 2.05) is 26.1 Å². The van der Waals surface area contributed by atoms with Gasteiger partial charge in [0.05, 0.1) is 11.9 Å². The van der Waals surface area contributed by atoms with Crippen molar-refractivity contribution in [2.45, 2.75) is 13.8 Å². The highest BCUT2D eigenvalue weighted by Crippen LogP contribution is 2.19. The fourth-order valence-corrected chi connectivity index (χ4v) is 1.55. The summed E-state index contributed by atoms with van der Waals surface area (Å²) in [4.78, 5) is 10.8. The van der Waals surface area contributed by atoms with Gasteiger partial charge < -0.3 is 5.32 Å². The van der Waals surface area contributed by atoms with Gasteiger partial charge in [0.2, 0.25) is 5.91 Å². The summed E-state index contributed by atoms with van der Waals surface area (Å²) in [7, 11) is 1.88. The van der Waals surface area contributed by atoms with Crippen molar-refractivity contribution in [1.29, 1.82) is 0 Å². The lowest BCUT2D eigenvalue weighted by molar-refractivity contribution is -0.118. The Kier molecular flexibility index (Phi) is 4.46. The molecule has 0 fully saturated rings. The quantitative estimate of drug-likeness (QED) is 0.805. The molecule has 1 aromatic rings. The average Bonchev–Trinajstić information content (AvgIpc) is 2.57. The van der Waals surface area contributed by atoms with E-state index >= 15 is 0 Å². The number of nitrogens with zero attached hydrogens (tertiary/aromatic N) is 2. The van der Waals surface area contributed by atoms with Crippen molar-refractivity contribution in [3.63, 3.8) is 0 Å². The van der Waals surface area contributed by atoms with Crippen LogP contribution in [-0.2, 0) is 11.8 Å². The number of nitrogens with one attached hydrogen (secondary N) is 1. The molecule has 0 aliphatic carbocycles. The summed E-state index contributed by atoms with van der Waals surface area (Å²) >= 11 is 0. The molecule has 1 aromatic heterocycles. The van der Waals surface area contributed by atoms with E-state index in [0.717, 1.165) is 16.8 Å². The Morgan fingerprint density at radius 2 is 2.29 bits per heavy atom. The van der Waals surface area contributed by atoms with E-state index in [0.29, 0.717) is 0 Å². The molecule has 90 valence electrons. The zero-order valence-corrected chi connectivity index (χ0v) is 10.4. The first-order valence-corrected chi connectivity index (χ1v) is 5.31. The third-order valence-electron chi connectivity index (χ3n) is 2.24. The molecular weight excluding hydrogens is 214 g/mol. The van der Waals surface area contributed by atoms with Crippen molar-refractivity contribution in [3.05, 3.63) is 48.5 Å². The molecular formula is C13H17N3O. The summed E-state index contributed by atoms with van der Waals surface area (Å²) in [6, 6.07) is 0. The second-order valence-electron chi connectivity index (χ2n) is 3.69. The van der Waals surface area contributed by atoms with Crippen LogP contribution in [0.15, 0.2) is 37.2 Å².